The van der Waals surface area contributed by atoms with E-state index in [0.717, 1.165) is 19.3 Å². The fraction of sp³-hybridized carbons (Fsp3) is 0.593. The Labute approximate surface area is 235 Å². The number of nitrogens with one attached hydrogen (secondary N) is 2. The van der Waals surface area contributed by atoms with Crippen LogP contribution in [0, 0.1) is 0 Å². The lowest BCUT2D eigenvalue weighted by Crippen LogP contribution is -2.41. The van der Waals surface area contributed by atoms with Gasteiger partial charge in [0.05, 0.1) is 21.9 Å². The zero-order valence-electron chi connectivity index (χ0n) is 24.0. The minimum Gasteiger partial charge on any atom is -0.447 e. The summed E-state index contributed by atoms with van der Waals surface area (Å²) in [7, 11) is -3.99. The molecule has 2 heterocycles. The van der Waals surface area contributed by atoms with Crippen molar-refractivity contribution in [1.29, 1.82) is 0 Å². The Morgan fingerprint density at radius 2 is 1.82 bits per heavy atom. The van der Waals surface area contributed by atoms with E-state index < -0.39 is 27.3 Å². The minimum absolute atomic E-state index is 0.00242. The molecule has 0 bridgehead atoms. The summed E-state index contributed by atoms with van der Waals surface area (Å²) in [5, 5.41) is 3.31. The Hall–Kier alpha value is -2.70. The molecule has 0 aliphatic carbocycles. The summed E-state index contributed by atoms with van der Waals surface area (Å²) in [6, 6.07) is 4.43. The van der Waals surface area contributed by atoms with Crippen molar-refractivity contribution in [3.05, 3.63) is 29.4 Å². The fourth-order valence-corrected chi connectivity index (χ4v) is 6.97. The van der Waals surface area contributed by atoms with Gasteiger partial charge in [-0.25, -0.2) is 27.7 Å². The number of amides is 2. The summed E-state index contributed by atoms with van der Waals surface area (Å²) in [6.45, 7) is 14.8. The van der Waals surface area contributed by atoms with Crippen molar-refractivity contribution in [3.63, 3.8) is 0 Å². The van der Waals surface area contributed by atoms with Gasteiger partial charge in [0.25, 0.3) is 0 Å². The average molecular weight is 581 g/mol. The van der Waals surface area contributed by atoms with Crippen LogP contribution in [0.1, 0.15) is 85.7 Å². The van der Waals surface area contributed by atoms with Gasteiger partial charge in [0.1, 0.15) is 10.6 Å². The van der Waals surface area contributed by atoms with Crippen LogP contribution in [0.3, 0.4) is 0 Å². The fourth-order valence-electron chi connectivity index (χ4n) is 4.14. The van der Waals surface area contributed by atoms with E-state index in [1.807, 2.05) is 20.8 Å². The predicted octanol–water partition coefficient (Wildman–Crippen LogP) is 6.31. The first-order valence-corrected chi connectivity index (χ1v) is 15.4. The number of benzene rings is 1. The minimum atomic E-state index is -3.99. The molecule has 1 aromatic carbocycles. The van der Waals surface area contributed by atoms with E-state index in [0.29, 0.717) is 22.0 Å². The van der Waals surface area contributed by atoms with E-state index in [-0.39, 0.29) is 28.8 Å². The number of thiazole rings is 1. The highest BCUT2D eigenvalue weighted by Crippen LogP contribution is 2.39. The second kappa shape index (κ2) is 11.8. The van der Waals surface area contributed by atoms with Crippen molar-refractivity contribution in [3.8, 4) is 10.4 Å². The maximum Gasteiger partial charge on any atom is 0.411 e. The first-order chi connectivity index (χ1) is 17.9. The standard InChI is InChI=1S/C27H40N4O6S2/c1-17(2)36-24(32)29-18-12-13-19(22(15-18)39(34,35)30-26(3,4)5)21-16-28-23(38-21)20-11-9-10-14-31(20)25(33)37-27(6,7)8/h12-13,15-17,20,30H,9-11,14H2,1-8H3,(H,29,32)/t20-/m0/s1. The molecule has 1 fully saturated rings. The number of likely N-dealkylation sites (tertiary alicyclic amines) is 1. The van der Waals surface area contributed by atoms with E-state index in [1.165, 1.54) is 17.4 Å². The number of hydrogen-bond acceptors (Lipinski definition) is 8. The van der Waals surface area contributed by atoms with Crippen LogP contribution in [-0.4, -0.2) is 54.3 Å². The highest BCUT2D eigenvalue weighted by molar-refractivity contribution is 7.89. The number of carbonyl (C=O) groups excluding carboxylic acids is 2. The lowest BCUT2D eigenvalue weighted by Gasteiger charge is -2.35. The van der Waals surface area contributed by atoms with Gasteiger partial charge in [-0.3, -0.25) is 10.2 Å². The SMILES string of the molecule is CC(C)OC(=O)Nc1ccc(-c2cnc([C@@H]3CCCCN3C(=O)OC(C)(C)C)s2)c(S(=O)(=O)NC(C)(C)C)c1. The van der Waals surface area contributed by atoms with Gasteiger partial charge in [-0.15, -0.1) is 11.3 Å². The van der Waals surface area contributed by atoms with Crippen LogP contribution in [0.2, 0.25) is 0 Å². The van der Waals surface area contributed by atoms with E-state index in [4.69, 9.17) is 9.47 Å². The lowest BCUT2D eigenvalue weighted by atomic mass is 10.0. The van der Waals surface area contributed by atoms with Gasteiger partial charge in [0.2, 0.25) is 10.0 Å². The molecular weight excluding hydrogens is 540 g/mol. The number of hydrogen-bond donors (Lipinski definition) is 2. The third-order valence-electron chi connectivity index (χ3n) is 5.51. The molecular formula is C27H40N4O6S2. The van der Waals surface area contributed by atoms with Crippen LogP contribution >= 0.6 is 11.3 Å². The predicted molar refractivity (Wildman–Crippen MR) is 152 cm³/mol. The number of ether oxygens (including phenoxy) is 2. The number of piperidine rings is 1. The van der Waals surface area contributed by atoms with Gasteiger partial charge in [0.15, 0.2) is 0 Å². The molecule has 2 amide bonds. The Bertz CT molecular complexity index is 1290. The third-order valence-corrected chi connectivity index (χ3v) is 8.44. The van der Waals surface area contributed by atoms with E-state index in [2.05, 4.69) is 15.0 Å². The zero-order chi connectivity index (χ0) is 29.2. The van der Waals surface area contributed by atoms with Crippen molar-refractivity contribution in [2.24, 2.45) is 0 Å². The molecule has 2 aromatic rings. The molecule has 0 saturated carbocycles. The van der Waals surface area contributed by atoms with Crippen molar-refractivity contribution >= 4 is 39.2 Å². The normalized spacial score (nSPS) is 16.7. The number of rotatable bonds is 6. The third kappa shape index (κ3) is 8.64. The second-order valence-corrected chi connectivity index (χ2v) is 14.6. The lowest BCUT2D eigenvalue weighted by molar-refractivity contribution is 0.00947. The molecule has 12 heteroatoms. The van der Waals surface area contributed by atoms with Crippen molar-refractivity contribution in [1.82, 2.24) is 14.6 Å². The van der Waals surface area contributed by atoms with Crippen LogP contribution in [-0.2, 0) is 19.5 Å². The van der Waals surface area contributed by atoms with Crippen LogP contribution in [0.4, 0.5) is 15.3 Å². The molecule has 1 aliphatic heterocycles. The number of carbonyl (C=O) groups is 2. The molecule has 1 aliphatic rings. The molecule has 1 saturated heterocycles. The molecule has 0 radical (unpaired) electrons. The largest absolute Gasteiger partial charge is 0.447 e. The molecule has 1 aromatic heterocycles. The molecule has 216 valence electrons. The first-order valence-electron chi connectivity index (χ1n) is 13.1. The first kappa shape index (κ1) is 30.8. The molecule has 39 heavy (non-hydrogen) atoms. The summed E-state index contributed by atoms with van der Waals surface area (Å²) in [5.41, 5.74) is -0.622. The molecule has 1 atom stereocenters. The summed E-state index contributed by atoms with van der Waals surface area (Å²) in [6.07, 6.45) is 2.81. The molecule has 2 N–H and O–H groups in total. The summed E-state index contributed by atoms with van der Waals surface area (Å²) in [4.78, 5) is 32.1. The van der Waals surface area contributed by atoms with Crippen LogP contribution < -0.4 is 10.0 Å². The van der Waals surface area contributed by atoms with Gasteiger partial charge in [-0.1, -0.05) is 6.07 Å². The van der Waals surface area contributed by atoms with E-state index in [9.17, 15) is 18.0 Å². The summed E-state index contributed by atoms with van der Waals surface area (Å²) in [5.74, 6) is 0. The zero-order valence-corrected chi connectivity index (χ0v) is 25.6. The van der Waals surface area contributed by atoms with Crippen LogP contribution in [0.5, 0.6) is 0 Å². The average Bonchev–Trinajstić information content (AvgIpc) is 3.25. The summed E-state index contributed by atoms with van der Waals surface area (Å²) >= 11 is 1.34. The Morgan fingerprint density at radius 1 is 1.13 bits per heavy atom. The number of anilines is 1. The quantitative estimate of drug-likeness (QED) is 0.410. The second-order valence-electron chi connectivity index (χ2n) is 11.9. The number of sulfonamides is 1. The summed E-state index contributed by atoms with van der Waals surface area (Å²) < 4.78 is 40.5. The van der Waals surface area contributed by atoms with Gasteiger partial charge in [-0.05, 0) is 86.8 Å². The highest BCUT2D eigenvalue weighted by atomic mass is 32.2. The maximum absolute atomic E-state index is 13.5. The monoisotopic (exact) mass is 580 g/mol. The Balaban J connectivity index is 2.00. The van der Waals surface area contributed by atoms with Gasteiger partial charge in [0, 0.05) is 29.5 Å². The van der Waals surface area contributed by atoms with Gasteiger partial charge >= 0.3 is 12.2 Å². The van der Waals surface area contributed by atoms with Crippen molar-refractivity contribution < 1.29 is 27.5 Å². The number of nitrogens with zero attached hydrogens (tertiary/aromatic N) is 2. The molecule has 0 spiro atoms. The molecule has 0 unspecified atom stereocenters. The van der Waals surface area contributed by atoms with E-state index in [1.54, 1.807) is 57.8 Å². The van der Waals surface area contributed by atoms with Crippen LogP contribution in [0.25, 0.3) is 10.4 Å². The smallest absolute Gasteiger partial charge is 0.411 e. The maximum atomic E-state index is 13.5. The van der Waals surface area contributed by atoms with Crippen molar-refractivity contribution in [2.45, 2.75) is 103 Å². The van der Waals surface area contributed by atoms with E-state index >= 15 is 0 Å². The molecule has 10 nitrogen and oxygen atoms in total. The molecule has 3 rings (SSSR count). The highest BCUT2D eigenvalue weighted by Gasteiger charge is 2.34. The van der Waals surface area contributed by atoms with Crippen LogP contribution in [0.15, 0.2) is 29.3 Å². The van der Waals surface area contributed by atoms with Gasteiger partial charge < -0.3 is 9.47 Å². The Kier molecular flexibility index (Phi) is 9.34. The topological polar surface area (TPSA) is 127 Å². The van der Waals surface area contributed by atoms with Gasteiger partial charge in [-0.2, -0.15) is 0 Å². The van der Waals surface area contributed by atoms with Crippen molar-refractivity contribution in [2.75, 3.05) is 11.9 Å². The number of aromatic nitrogens is 1. The Morgan fingerprint density at radius 3 is 2.44 bits per heavy atom.